The van der Waals surface area contributed by atoms with Gasteiger partial charge in [0.15, 0.2) is 0 Å². The summed E-state index contributed by atoms with van der Waals surface area (Å²) in [5.74, 6) is 0. The Hall–Kier alpha value is -1.63. The van der Waals surface area contributed by atoms with Gasteiger partial charge >= 0.3 is 6.03 Å². The van der Waals surface area contributed by atoms with E-state index in [1.54, 1.807) is 0 Å². The Balaban J connectivity index is 1.33. The molecule has 2 saturated heterocycles. The highest BCUT2D eigenvalue weighted by Crippen LogP contribution is 2.39. The number of urea groups is 1. The third-order valence-corrected chi connectivity index (χ3v) is 5.87. The van der Waals surface area contributed by atoms with Crippen LogP contribution in [0, 0.1) is 0 Å². The fourth-order valence-corrected chi connectivity index (χ4v) is 4.21. The number of anilines is 1. The highest BCUT2D eigenvalue weighted by Gasteiger charge is 2.46. The molecule has 4 rings (SSSR count). The van der Waals surface area contributed by atoms with E-state index in [0.717, 1.165) is 69.7 Å². The lowest BCUT2D eigenvalue weighted by atomic mass is 9.71. The zero-order valence-electron chi connectivity index (χ0n) is 15.3. The number of nitrogens with one attached hydrogen (secondary N) is 3. The summed E-state index contributed by atoms with van der Waals surface area (Å²) in [6.07, 6.45) is 6.80. The third-order valence-electron chi connectivity index (χ3n) is 5.87. The second-order valence-electron chi connectivity index (χ2n) is 7.63. The topological polar surface area (TPSA) is 71.6 Å². The summed E-state index contributed by atoms with van der Waals surface area (Å²) < 4.78 is 11.7. The first-order valence-electron chi connectivity index (χ1n) is 9.88. The van der Waals surface area contributed by atoms with Crippen LogP contribution in [0.4, 0.5) is 10.5 Å². The van der Waals surface area contributed by atoms with E-state index in [-0.39, 0.29) is 23.8 Å². The van der Waals surface area contributed by atoms with Crippen LogP contribution in [0.3, 0.4) is 0 Å². The molecule has 3 aliphatic rings. The van der Waals surface area contributed by atoms with Gasteiger partial charge in [-0.15, -0.1) is 0 Å². The van der Waals surface area contributed by atoms with Gasteiger partial charge in [0.1, 0.15) is 0 Å². The monoisotopic (exact) mass is 359 g/mol. The molecule has 0 aromatic heterocycles. The van der Waals surface area contributed by atoms with Crippen molar-refractivity contribution in [2.24, 2.45) is 0 Å². The molecule has 0 radical (unpaired) electrons. The summed E-state index contributed by atoms with van der Waals surface area (Å²) >= 11 is 0. The minimum atomic E-state index is -0.175. The molecule has 6 heteroatoms. The summed E-state index contributed by atoms with van der Waals surface area (Å²) in [4.78, 5) is 12.5. The van der Waals surface area contributed by atoms with E-state index in [0.29, 0.717) is 0 Å². The van der Waals surface area contributed by atoms with Crippen LogP contribution in [0.5, 0.6) is 0 Å². The first-order chi connectivity index (χ1) is 12.8. The van der Waals surface area contributed by atoms with Crippen LogP contribution in [-0.4, -0.2) is 44.0 Å². The molecule has 0 bridgehead atoms. The van der Waals surface area contributed by atoms with E-state index in [1.165, 1.54) is 6.42 Å². The molecule has 1 saturated carbocycles. The minimum absolute atomic E-state index is 0.0910. The molecule has 142 valence electrons. The van der Waals surface area contributed by atoms with Gasteiger partial charge in [0.25, 0.3) is 0 Å². The number of benzene rings is 1. The van der Waals surface area contributed by atoms with Crippen LogP contribution >= 0.6 is 0 Å². The van der Waals surface area contributed by atoms with Gasteiger partial charge < -0.3 is 25.4 Å². The fraction of sp³-hybridized carbons (Fsp3) is 0.650. The van der Waals surface area contributed by atoms with Crippen molar-refractivity contribution in [1.29, 1.82) is 0 Å². The van der Waals surface area contributed by atoms with Crippen molar-refractivity contribution in [1.82, 2.24) is 10.6 Å². The highest BCUT2D eigenvalue weighted by atomic mass is 16.5. The largest absolute Gasteiger partial charge is 0.376 e. The van der Waals surface area contributed by atoms with Crippen LogP contribution in [0.2, 0.25) is 0 Å². The second-order valence-corrected chi connectivity index (χ2v) is 7.63. The van der Waals surface area contributed by atoms with Gasteiger partial charge in [0.2, 0.25) is 0 Å². The van der Waals surface area contributed by atoms with Crippen molar-refractivity contribution in [2.75, 3.05) is 31.6 Å². The summed E-state index contributed by atoms with van der Waals surface area (Å²) in [6, 6.07) is 7.80. The maximum atomic E-state index is 12.5. The zero-order valence-corrected chi connectivity index (χ0v) is 15.3. The number of morpholine rings is 1. The van der Waals surface area contributed by atoms with Gasteiger partial charge in [-0.1, -0.05) is 12.1 Å². The Morgan fingerprint density at radius 1 is 1.08 bits per heavy atom. The van der Waals surface area contributed by atoms with E-state index < -0.39 is 0 Å². The normalized spacial score (nSPS) is 28.0. The number of hydrogen-bond donors (Lipinski definition) is 3. The first-order valence-corrected chi connectivity index (χ1v) is 9.88. The van der Waals surface area contributed by atoms with Gasteiger partial charge in [-0.3, -0.25) is 0 Å². The number of rotatable bonds is 4. The Labute approximate surface area is 155 Å². The van der Waals surface area contributed by atoms with E-state index in [2.05, 4.69) is 16.0 Å². The third kappa shape index (κ3) is 3.87. The molecular formula is C20H29N3O3. The molecule has 2 atom stereocenters. The van der Waals surface area contributed by atoms with E-state index in [4.69, 9.17) is 9.47 Å². The van der Waals surface area contributed by atoms with E-state index in [9.17, 15) is 4.79 Å². The summed E-state index contributed by atoms with van der Waals surface area (Å²) in [5.41, 5.74) is 1.76. The van der Waals surface area contributed by atoms with E-state index in [1.807, 2.05) is 24.3 Å². The number of amides is 2. The van der Waals surface area contributed by atoms with Gasteiger partial charge in [-0.05, 0) is 56.2 Å². The van der Waals surface area contributed by atoms with Gasteiger partial charge in [-0.25, -0.2) is 4.79 Å². The zero-order chi connectivity index (χ0) is 17.8. The molecule has 3 N–H and O–H groups in total. The Bertz CT molecular complexity index is 603. The Morgan fingerprint density at radius 3 is 2.54 bits per heavy atom. The molecule has 2 heterocycles. The summed E-state index contributed by atoms with van der Waals surface area (Å²) in [6.45, 7) is 3.29. The lowest BCUT2D eigenvalue weighted by Gasteiger charge is -2.49. The van der Waals surface area contributed by atoms with Gasteiger partial charge in [0.05, 0.1) is 24.4 Å². The molecule has 3 fully saturated rings. The molecule has 2 amide bonds. The van der Waals surface area contributed by atoms with Crippen molar-refractivity contribution >= 4 is 11.7 Å². The maximum absolute atomic E-state index is 12.5. The molecule has 2 aliphatic heterocycles. The summed E-state index contributed by atoms with van der Waals surface area (Å²) in [5, 5.41) is 9.52. The van der Waals surface area contributed by atoms with Crippen molar-refractivity contribution < 1.29 is 14.3 Å². The predicted octanol–water partition coefficient (Wildman–Crippen LogP) is 2.96. The van der Waals surface area contributed by atoms with Crippen molar-refractivity contribution in [3.63, 3.8) is 0 Å². The standard InChI is InChI=1S/C20H29N3O3/c24-19(23-20(9-3-10-20)18-4-1-2-12-26-18)22-16-7-5-15(6-8-16)17-14-21-11-13-25-17/h5-8,17-18,21H,1-4,9-14H2,(H2,22,23,24). The second kappa shape index (κ2) is 7.94. The minimum Gasteiger partial charge on any atom is -0.376 e. The van der Waals surface area contributed by atoms with Crippen LogP contribution in [0.15, 0.2) is 24.3 Å². The Morgan fingerprint density at radius 2 is 1.92 bits per heavy atom. The lowest BCUT2D eigenvalue weighted by molar-refractivity contribution is -0.0677. The summed E-state index contributed by atoms with van der Waals surface area (Å²) in [7, 11) is 0. The average molecular weight is 359 g/mol. The molecule has 2 unspecified atom stereocenters. The highest BCUT2D eigenvalue weighted by molar-refractivity contribution is 5.89. The quantitative estimate of drug-likeness (QED) is 0.773. The molecular weight excluding hydrogens is 330 g/mol. The van der Waals surface area contributed by atoms with Crippen LogP contribution in [0.1, 0.15) is 50.2 Å². The van der Waals surface area contributed by atoms with Gasteiger partial charge in [0, 0.05) is 25.4 Å². The Kier molecular flexibility index (Phi) is 5.43. The molecule has 1 aliphatic carbocycles. The number of ether oxygens (including phenoxy) is 2. The van der Waals surface area contributed by atoms with E-state index >= 15 is 0 Å². The van der Waals surface area contributed by atoms with Crippen LogP contribution in [-0.2, 0) is 9.47 Å². The predicted molar refractivity (Wildman–Crippen MR) is 100 cm³/mol. The lowest BCUT2D eigenvalue weighted by Crippen LogP contribution is -2.63. The number of carbonyl (C=O) groups is 1. The SMILES string of the molecule is O=C(Nc1ccc(C2CNCCO2)cc1)NC1(C2CCCCO2)CCC1. The number of carbonyl (C=O) groups excluding carboxylic acids is 1. The first kappa shape index (κ1) is 17.8. The molecule has 26 heavy (non-hydrogen) atoms. The van der Waals surface area contributed by atoms with Crippen LogP contribution in [0.25, 0.3) is 0 Å². The average Bonchev–Trinajstić information content (AvgIpc) is 2.67. The van der Waals surface area contributed by atoms with Crippen molar-refractivity contribution in [3.8, 4) is 0 Å². The molecule has 1 aromatic carbocycles. The van der Waals surface area contributed by atoms with Crippen molar-refractivity contribution in [2.45, 2.75) is 56.3 Å². The maximum Gasteiger partial charge on any atom is 0.319 e. The van der Waals surface area contributed by atoms with Gasteiger partial charge in [-0.2, -0.15) is 0 Å². The van der Waals surface area contributed by atoms with Crippen LogP contribution < -0.4 is 16.0 Å². The molecule has 1 aromatic rings. The van der Waals surface area contributed by atoms with Crippen molar-refractivity contribution in [3.05, 3.63) is 29.8 Å². The fourth-order valence-electron chi connectivity index (χ4n) is 4.21. The molecule has 0 spiro atoms. The molecule has 6 nitrogen and oxygen atoms in total. The number of hydrogen-bond acceptors (Lipinski definition) is 4. The smallest absolute Gasteiger partial charge is 0.319 e.